The number of nitrogens with zero attached hydrogens (tertiary/aromatic N) is 1. The van der Waals surface area contributed by atoms with Crippen LogP contribution in [0.25, 0.3) is 0 Å². The number of nitro groups is 1. The van der Waals surface area contributed by atoms with Crippen molar-refractivity contribution in [1.29, 1.82) is 0 Å². The number of hydrogen-bond donors (Lipinski definition) is 0. The average molecular weight is 315 g/mol. The van der Waals surface area contributed by atoms with Crippen molar-refractivity contribution < 1.29 is 14.5 Å². The molecule has 0 aliphatic heterocycles. The second-order valence-electron chi connectivity index (χ2n) is 7.82. The maximum atomic E-state index is 12.4. The van der Waals surface area contributed by atoms with Crippen LogP contribution < -0.4 is 4.74 Å². The molecular formula is C18H21NO4. The normalized spacial score (nSPS) is 34.3. The van der Waals surface area contributed by atoms with E-state index in [1.165, 1.54) is 62.8 Å². The molecule has 4 fully saturated rings. The number of rotatable bonds is 4. The fraction of sp³-hybridized carbons (Fsp3) is 0.611. The molecule has 4 aliphatic carbocycles. The molecule has 4 bridgehead atoms. The van der Waals surface area contributed by atoms with Crippen molar-refractivity contribution in [2.45, 2.75) is 44.9 Å². The average Bonchev–Trinajstić information content (AvgIpc) is 2.45. The number of esters is 1. The standard InChI is InChI=1S/C18H21NO4/c20-17(23-16-3-1-15(2-4-16)19(21)22)11-18-8-12-5-13(9-18)7-14(6-12)10-18/h1-4,12-14H,5-11H2. The van der Waals surface area contributed by atoms with Gasteiger partial charge in [-0.05, 0) is 73.8 Å². The smallest absolute Gasteiger partial charge is 0.311 e. The lowest BCUT2D eigenvalue weighted by atomic mass is 9.49. The van der Waals surface area contributed by atoms with E-state index in [2.05, 4.69) is 0 Å². The summed E-state index contributed by atoms with van der Waals surface area (Å²) in [5, 5.41) is 10.6. The Kier molecular flexibility index (Phi) is 3.39. The first-order valence-corrected chi connectivity index (χ1v) is 8.46. The molecule has 0 aromatic heterocycles. The predicted octanol–water partition coefficient (Wildman–Crippen LogP) is 4.11. The number of ether oxygens (including phenoxy) is 1. The number of nitro benzene ring substituents is 1. The van der Waals surface area contributed by atoms with Gasteiger partial charge in [0.25, 0.3) is 5.69 Å². The van der Waals surface area contributed by atoms with Gasteiger partial charge in [-0.25, -0.2) is 0 Å². The highest BCUT2D eigenvalue weighted by Crippen LogP contribution is 2.61. The van der Waals surface area contributed by atoms with Crippen LogP contribution in [0.3, 0.4) is 0 Å². The molecule has 1 aromatic rings. The minimum atomic E-state index is -0.457. The third-order valence-electron chi connectivity index (χ3n) is 5.96. The predicted molar refractivity (Wildman–Crippen MR) is 84.0 cm³/mol. The number of benzene rings is 1. The lowest BCUT2D eigenvalue weighted by Crippen LogP contribution is -2.47. The molecule has 122 valence electrons. The molecule has 1 aromatic carbocycles. The van der Waals surface area contributed by atoms with Gasteiger partial charge in [-0.3, -0.25) is 14.9 Å². The SMILES string of the molecule is O=C(CC12CC3CC(CC(C3)C1)C2)Oc1ccc([N+](=O)[O-])cc1. The van der Waals surface area contributed by atoms with Crippen LogP contribution in [0, 0.1) is 33.3 Å². The Labute approximate surface area is 135 Å². The molecule has 0 N–H and O–H groups in total. The maximum Gasteiger partial charge on any atom is 0.311 e. The summed E-state index contributed by atoms with van der Waals surface area (Å²) in [6.07, 6.45) is 8.09. The lowest BCUT2D eigenvalue weighted by molar-refractivity contribution is -0.384. The van der Waals surface area contributed by atoms with Crippen molar-refractivity contribution in [3.05, 3.63) is 34.4 Å². The van der Waals surface area contributed by atoms with E-state index < -0.39 is 4.92 Å². The third kappa shape index (κ3) is 2.84. The van der Waals surface area contributed by atoms with Crippen LogP contribution in [0.5, 0.6) is 5.75 Å². The molecule has 5 heteroatoms. The molecule has 4 saturated carbocycles. The zero-order valence-electron chi connectivity index (χ0n) is 13.1. The van der Waals surface area contributed by atoms with Crippen LogP contribution in [0.15, 0.2) is 24.3 Å². The zero-order chi connectivity index (χ0) is 16.0. The Morgan fingerprint density at radius 3 is 2.09 bits per heavy atom. The van der Waals surface area contributed by atoms with Crippen molar-refractivity contribution in [2.75, 3.05) is 0 Å². The Bertz CT molecular complexity index is 602. The first-order valence-electron chi connectivity index (χ1n) is 8.46. The molecule has 0 spiro atoms. The second-order valence-corrected chi connectivity index (χ2v) is 7.82. The van der Waals surface area contributed by atoms with E-state index in [0.29, 0.717) is 12.2 Å². The summed E-state index contributed by atoms with van der Waals surface area (Å²) in [7, 11) is 0. The Balaban J connectivity index is 1.41. The monoisotopic (exact) mass is 315 g/mol. The fourth-order valence-corrected chi connectivity index (χ4v) is 5.62. The lowest BCUT2D eigenvalue weighted by Gasteiger charge is -2.56. The molecular weight excluding hydrogens is 294 g/mol. The van der Waals surface area contributed by atoms with Crippen molar-refractivity contribution in [1.82, 2.24) is 0 Å². The van der Waals surface area contributed by atoms with Crippen molar-refractivity contribution in [3.8, 4) is 5.75 Å². The number of carbonyl (C=O) groups is 1. The van der Waals surface area contributed by atoms with E-state index in [1.54, 1.807) is 0 Å². The second kappa shape index (κ2) is 5.32. The van der Waals surface area contributed by atoms with Gasteiger partial charge in [-0.1, -0.05) is 0 Å². The van der Waals surface area contributed by atoms with Gasteiger partial charge in [0.15, 0.2) is 0 Å². The van der Waals surface area contributed by atoms with Gasteiger partial charge >= 0.3 is 5.97 Å². The van der Waals surface area contributed by atoms with E-state index in [9.17, 15) is 14.9 Å². The van der Waals surface area contributed by atoms with Gasteiger partial charge in [0.05, 0.1) is 11.3 Å². The summed E-state index contributed by atoms with van der Waals surface area (Å²) >= 11 is 0. The molecule has 0 radical (unpaired) electrons. The molecule has 4 aliphatic rings. The van der Waals surface area contributed by atoms with Crippen LogP contribution in [0.4, 0.5) is 5.69 Å². The van der Waals surface area contributed by atoms with Crippen LogP contribution in [0.2, 0.25) is 0 Å². The van der Waals surface area contributed by atoms with Crippen LogP contribution in [-0.4, -0.2) is 10.9 Å². The molecule has 0 unspecified atom stereocenters. The van der Waals surface area contributed by atoms with Gasteiger partial charge in [0, 0.05) is 12.1 Å². The summed E-state index contributed by atoms with van der Waals surface area (Å²) in [5.74, 6) is 2.64. The molecule has 5 rings (SSSR count). The van der Waals surface area contributed by atoms with E-state index in [1.807, 2.05) is 0 Å². The molecule has 0 atom stereocenters. The minimum absolute atomic E-state index is 0.00545. The Hall–Kier alpha value is -1.91. The van der Waals surface area contributed by atoms with Gasteiger partial charge in [0.2, 0.25) is 0 Å². The maximum absolute atomic E-state index is 12.4. The van der Waals surface area contributed by atoms with Crippen LogP contribution in [0.1, 0.15) is 44.9 Å². The molecule has 23 heavy (non-hydrogen) atoms. The molecule has 0 heterocycles. The van der Waals surface area contributed by atoms with Gasteiger partial charge in [-0.15, -0.1) is 0 Å². The molecule has 5 nitrogen and oxygen atoms in total. The largest absolute Gasteiger partial charge is 0.427 e. The van der Waals surface area contributed by atoms with Gasteiger partial charge in [-0.2, -0.15) is 0 Å². The highest BCUT2D eigenvalue weighted by molar-refractivity contribution is 5.73. The Morgan fingerprint density at radius 2 is 1.61 bits per heavy atom. The fourth-order valence-electron chi connectivity index (χ4n) is 5.62. The summed E-state index contributed by atoms with van der Waals surface area (Å²) in [6.45, 7) is 0. The third-order valence-corrected chi connectivity index (χ3v) is 5.96. The summed E-state index contributed by atoms with van der Waals surface area (Å²) in [5.41, 5.74) is 0.165. The summed E-state index contributed by atoms with van der Waals surface area (Å²) < 4.78 is 5.43. The van der Waals surface area contributed by atoms with Gasteiger partial charge in [0.1, 0.15) is 5.75 Å². The quantitative estimate of drug-likeness (QED) is 0.363. The van der Waals surface area contributed by atoms with Gasteiger partial charge < -0.3 is 4.74 Å². The topological polar surface area (TPSA) is 69.4 Å². The summed E-state index contributed by atoms with van der Waals surface area (Å²) in [4.78, 5) is 22.6. The highest BCUT2D eigenvalue weighted by Gasteiger charge is 2.51. The number of carbonyl (C=O) groups excluding carboxylic acids is 1. The zero-order valence-corrected chi connectivity index (χ0v) is 13.1. The first-order chi connectivity index (χ1) is 11.0. The van der Waals surface area contributed by atoms with E-state index in [-0.39, 0.29) is 17.1 Å². The minimum Gasteiger partial charge on any atom is -0.427 e. The molecule has 0 saturated heterocycles. The highest BCUT2D eigenvalue weighted by atomic mass is 16.6. The van der Waals surface area contributed by atoms with Crippen molar-refractivity contribution in [3.63, 3.8) is 0 Å². The van der Waals surface area contributed by atoms with Crippen LogP contribution in [-0.2, 0) is 4.79 Å². The molecule has 0 amide bonds. The van der Waals surface area contributed by atoms with E-state index >= 15 is 0 Å². The van der Waals surface area contributed by atoms with E-state index in [0.717, 1.165) is 17.8 Å². The summed E-state index contributed by atoms with van der Waals surface area (Å²) in [6, 6.07) is 5.73. The number of hydrogen-bond acceptors (Lipinski definition) is 4. The Morgan fingerprint density at radius 1 is 1.09 bits per heavy atom. The van der Waals surface area contributed by atoms with Crippen LogP contribution >= 0.6 is 0 Å². The number of non-ortho nitro benzene ring substituents is 1. The van der Waals surface area contributed by atoms with Crippen molar-refractivity contribution in [2.24, 2.45) is 23.2 Å². The first kappa shape index (κ1) is 14.7. The van der Waals surface area contributed by atoms with E-state index in [4.69, 9.17) is 4.74 Å². The van der Waals surface area contributed by atoms with Crippen molar-refractivity contribution >= 4 is 11.7 Å².